The molecule has 0 amide bonds. The molecule has 4 nitrogen and oxygen atoms in total. The number of phenols is 1. The largest absolute Gasteiger partial charge is 0.506 e. The molecule has 0 aliphatic carbocycles. The third-order valence-electron chi connectivity index (χ3n) is 2.52. The van der Waals surface area contributed by atoms with Crippen molar-refractivity contribution in [1.82, 2.24) is 10.7 Å². The predicted molar refractivity (Wildman–Crippen MR) is 88.5 cm³/mol. The standard InChI is InChI=1S/C14H19ClFN3OS/c1-8(10-5-9(16)6-11(15)12(10)20)18-19-13(21)17-7-14(2,3)4/h5-6,20H,7H2,1-4H3,(H2,17,19,21). The molecule has 1 aromatic rings. The molecule has 0 aromatic heterocycles. The van der Waals surface area contributed by atoms with Gasteiger partial charge in [0.15, 0.2) is 5.11 Å². The molecule has 21 heavy (non-hydrogen) atoms. The van der Waals surface area contributed by atoms with Crippen molar-refractivity contribution in [2.24, 2.45) is 10.5 Å². The summed E-state index contributed by atoms with van der Waals surface area (Å²) in [5.74, 6) is -0.759. The molecule has 0 aliphatic rings. The monoisotopic (exact) mass is 331 g/mol. The second-order valence-corrected chi connectivity index (χ2v) is 6.65. The van der Waals surface area contributed by atoms with E-state index in [2.05, 4.69) is 36.6 Å². The molecule has 0 unspecified atom stereocenters. The van der Waals surface area contributed by atoms with Gasteiger partial charge in [-0.2, -0.15) is 5.10 Å². The quantitative estimate of drug-likeness (QED) is 0.451. The lowest BCUT2D eigenvalue weighted by molar-refractivity contribution is 0.408. The Morgan fingerprint density at radius 3 is 2.62 bits per heavy atom. The molecule has 0 saturated carbocycles. The Hall–Kier alpha value is -1.40. The summed E-state index contributed by atoms with van der Waals surface area (Å²) in [6.45, 7) is 8.52. The highest BCUT2D eigenvalue weighted by Gasteiger charge is 2.12. The van der Waals surface area contributed by atoms with Crippen LogP contribution in [-0.4, -0.2) is 22.5 Å². The molecule has 0 atom stereocenters. The fraction of sp³-hybridized carbons (Fsp3) is 0.429. The van der Waals surface area contributed by atoms with Crippen LogP contribution in [0.15, 0.2) is 17.2 Å². The van der Waals surface area contributed by atoms with Crippen LogP contribution in [0.4, 0.5) is 4.39 Å². The van der Waals surface area contributed by atoms with E-state index in [1.54, 1.807) is 6.92 Å². The van der Waals surface area contributed by atoms with Gasteiger partial charge in [-0.05, 0) is 36.7 Å². The number of nitrogens with one attached hydrogen (secondary N) is 2. The Labute approximate surface area is 134 Å². The van der Waals surface area contributed by atoms with Crippen LogP contribution in [-0.2, 0) is 0 Å². The molecule has 116 valence electrons. The van der Waals surface area contributed by atoms with Gasteiger partial charge in [0.1, 0.15) is 11.6 Å². The molecule has 0 saturated heterocycles. The maximum atomic E-state index is 13.3. The Morgan fingerprint density at radius 1 is 1.43 bits per heavy atom. The summed E-state index contributed by atoms with van der Waals surface area (Å²) in [6.07, 6.45) is 0. The maximum absolute atomic E-state index is 13.3. The zero-order chi connectivity index (χ0) is 16.2. The SMILES string of the molecule is CC(=NNC(=S)NCC(C)(C)C)c1cc(F)cc(Cl)c1O. The van der Waals surface area contributed by atoms with Gasteiger partial charge in [-0.15, -0.1) is 0 Å². The third kappa shape index (κ3) is 5.85. The van der Waals surface area contributed by atoms with Crippen molar-refractivity contribution in [3.63, 3.8) is 0 Å². The fourth-order valence-corrected chi connectivity index (χ4v) is 1.75. The van der Waals surface area contributed by atoms with E-state index < -0.39 is 5.82 Å². The van der Waals surface area contributed by atoms with Crippen LogP contribution in [0.5, 0.6) is 5.75 Å². The van der Waals surface area contributed by atoms with Gasteiger partial charge >= 0.3 is 0 Å². The van der Waals surface area contributed by atoms with Crippen LogP contribution in [0.25, 0.3) is 0 Å². The van der Waals surface area contributed by atoms with E-state index in [0.29, 0.717) is 17.4 Å². The second-order valence-electron chi connectivity index (χ2n) is 5.84. The van der Waals surface area contributed by atoms with Gasteiger partial charge < -0.3 is 10.4 Å². The summed E-state index contributed by atoms with van der Waals surface area (Å²) in [7, 11) is 0. The highest BCUT2D eigenvalue weighted by atomic mass is 35.5. The van der Waals surface area contributed by atoms with E-state index in [1.165, 1.54) is 0 Å². The van der Waals surface area contributed by atoms with Crippen LogP contribution in [0.3, 0.4) is 0 Å². The molecule has 0 fully saturated rings. The van der Waals surface area contributed by atoms with Gasteiger partial charge in [-0.3, -0.25) is 5.43 Å². The molecule has 0 spiro atoms. The van der Waals surface area contributed by atoms with Crippen LogP contribution < -0.4 is 10.7 Å². The van der Waals surface area contributed by atoms with Crippen molar-refractivity contribution < 1.29 is 9.50 Å². The Kier molecular flexibility index (Phi) is 5.92. The number of hydrogen-bond acceptors (Lipinski definition) is 3. The van der Waals surface area contributed by atoms with Gasteiger partial charge in [-0.1, -0.05) is 32.4 Å². The first-order chi connectivity index (χ1) is 9.60. The fourth-order valence-electron chi connectivity index (χ4n) is 1.42. The van der Waals surface area contributed by atoms with E-state index in [1.807, 2.05) is 0 Å². The number of hydrogen-bond donors (Lipinski definition) is 3. The molecule has 1 rings (SSSR count). The van der Waals surface area contributed by atoms with Crippen molar-refractivity contribution in [2.75, 3.05) is 6.54 Å². The van der Waals surface area contributed by atoms with Crippen molar-refractivity contribution in [3.05, 3.63) is 28.5 Å². The van der Waals surface area contributed by atoms with Gasteiger partial charge in [-0.25, -0.2) is 4.39 Å². The third-order valence-corrected chi connectivity index (χ3v) is 3.05. The average molecular weight is 332 g/mol. The van der Waals surface area contributed by atoms with E-state index in [-0.39, 0.29) is 21.8 Å². The number of benzene rings is 1. The van der Waals surface area contributed by atoms with Crippen molar-refractivity contribution in [2.45, 2.75) is 27.7 Å². The Morgan fingerprint density at radius 2 is 2.05 bits per heavy atom. The van der Waals surface area contributed by atoms with Gasteiger partial charge in [0, 0.05) is 12.1 Å². The average Bonchev–Trinajstić information content (AvgIpc) is 2.36. The molecule has 0 heterocycles. The minimum atomic E-state index is -0.546. The minimum Gasteiger partial charge on any atom is -0.506 e. The van der Waals surface area contributed by atoms with Crippen LogP contribution in [0.1, 0.15) is 33.3 Å². The number of halogens is 2. The van der Waals surface area contributed by atoms with Gasteiger partial charge in [0.2, 0.25) is 0 Å². The van der Waals surface area contributed by atoms with E-state index in [0.717, 1.165) is 12.1 Å². The summed E-state index contributed by atoms with van der Waals surface area (Å²) in [5.41, 5.74) is 3.32. The topological polar surface area (TPSA) is 56.7 Å². The van der Waals surface area contributed by atoms with Crippen molar-refractivity contribution in [1.29, 1.82) is 0 Å². The summed E-state index contributed by atoms with van der Waals surface area (Å²) < 4.78 is 13.3. The lowest BCUT2D eigenvalue weighted by Crippen LogP contribution is -2.37. The van der Waals surface area contributed by atoms with Crippen LogP contribution in [0, 0.1) is 11.2 Å². The molecule has 0 bridgehead atoms. The molecule has 3 N–H and O–H groups in total. The van der Waals surface area contributed by atoms with Gasteiger partial charge in [0.25, 0.3) is 0 Å². The number of aromatic hydroxyl groups is 1. The highest BCUT2D eigenvalue weighted by molar-refractivity contribution is 7.80. The lowest BCUT2D eigenvalue weighted by atomic mass is 9.97. The van der Waals surface area contributed by atoms with E-state index in [9.17, 15) is 9.50 Å². The maximum Gasteiger partial charge on any atom is 0.186 e. The number of nitrogens with zero attached hydrogens (tertiary/aromatic N) is 1. The van der Waals surface area contributed by atoms with E-state index >= 15 is 0 Å². The molecule has 1 aromatic carbocycles. The summed E-state index contributed by atoms with van der Waals surface area (Å²) >= 11 is 10.8. The first-order valence-electron chi connectivity index (χ1n) is 6.36. The molecule has 0 radical (unpaired) electrons. The first kappa shape index (κ1) is 17.7. The molecular weight excluding hydrogens is 313 g/mol. The molecular formula is C14H19ClFN3OS. The number of hydrazone groups is 1. The normalized spacial score (nSPS) is 12.2. The van der Waals surface area contributed by atoms with Crippen molar-refractivity contribution >= 4 is 34.6 Å². The Bertz CT molecular complexity index is 570. The smallest absolute Gasteiger partial charge is 0.186 e. The highest BCUT2D eigenvalue weighted by Crippen LogP contribution is 2.28. The van der Waals surface area contributed by atoms with Crippen LogP contribution in [0.2, 0.25) is 5.02 Å². The number of rotatable bonds is 3. The van der Waals surface area contributed by atoms with Crippen molar-refractivity contribution in [3.8, 4) is 5.75 Å². The van der Waals surface area contributed by atoms with Crippen LogP contribution >= 0.6 is 23.8 Å². The first-order valence-corrected chi connectivity index (χ1v) is 7.15. The minimum absolute atomic E-state index is 0.0621. The zero-order valence-corrected chi connectivity index (χ0v) is 14.0. The lowest BCUT2D eigenvalue weighted by Gasteiger charge is -2.19. The predicted octanol–water partition coefficient (Wildman–Crippen LogP) is 3.42. The number of thiocarbonyl (C=S) groups is 1. The van der Waals surface area contributed by atoms with Gasteiger partial charge in [0.05, 0.1) is 10.7 Å². The molecule has 0 aliphatic heterocycles. The zero-order valence-electron chi connectivity index (χ0n) is 12.4. The molecule has 7 heteroatoms. The summed E-state index contributed by atoms with van der Waals surface area (Å²) in [6, 6.07) is 2.20. The second kappa shape index (κ2) is 7.04. The number of phenolic OH excluding ortho intramolecular Hbond substituents is 1. The Balaban J connectivity index is 2.76. The summed E-state index contributed by atoms with van der Waals surface area (Å²) in [5, 5.41) is 17.1. The summed E-state index contributed by atoms with van der Waals surface area (Å²) in [4.78, 5) is 0. The van der Waals surface area contributed by atoms with E-state index in [4.69, 9.17) is 23.8 Å².